The molecule has 1 aromatic carbocycles. The van der Waals surface area contributed by atoms with Gasteiger partial charge in [0, 0.05) is 0 Å². The van der Waals surface area contributed by atoms with Gasteiger partial charge in [0.15, 0.2) is 0 Å². The van der Waals surface area contributed by atoms with Crippen LogP contribution in [-0.4, -0.2) is 0 Å². The van der Waals surface area contributed by atoms with Gasteiger partial charge < -0.3 is 0 Å². The summed E-state index contributed by atoms with van der Waals surface area (Å²) in [6, 6.07) is 7.21. The van der Waals surface area contributed by atoms with Crippen LogP contribution in [0.4, 0.5) is 8.78 Å². The average Bonchev–Trinajstić information content (AvgIpc) is 2.73. The van der Waals surface area contributed by atoms with Crippen LogP contribution in [0.15, 0.2) is 42.5 Å². The van der Waals surface area contributed by atoms with Gasteiger partial charge in [-0.25, -0.2) is 0 Å². The van der Waals surface area contributed by atoms with Gasteiger partial charge in [-0.1, -0.05) is 30.4 Å². The van der Waals surface area contributed by atoms with E-state index in [0.717, 1.165) is 49.9 Å². The van der Waals surface area contributed by atoms with Crippen molar-refractivity contribution in [3.63, 3.8) is 0 Å². The van der Waals surface area contributed by atoms with Crippen molar-refractivity contribution in [1.29, 1.82) is 0 Å². The van der Waals surface area contributed by atoms with Gasteiger partial charge in [-0.2, -0.15) is 8.78 Å². The summed E-state index contributed by atoms with van der Waals surface area (Å²) in [6.07, 6.45) is 17.3. The van der Waals surface area contributed by atoms with Gasteiger partial charge in [0.2, 0.25) is 0 Å². The maximum atomic E-state index is 12.6. The third-order valence-electron chi connectivity index (χ3n) is 8.10. The van der Waals surface area contributed by atoms with Crippen molar-refractivity contribution in [2.45, 2.75) is 77.6 Å². The Balaban J connectivity index is 1.33. The molecule has 3 aliphatic carbocycles. The van der Waals surface area contributed by atoms with Crippen LogP contribution >= 0.6 is 0 Å². The minimum absolute atomic E-state index is 0.126. The fourth-order valence-electron chi connectivity index (χ4n) is 6.53. The predicted molar refractivity (Wildman–Crippen MR) is 117 cm³/mol. The summed E-state index contributed by atoms with van der Waals surface area (Å²) in [5.41, 5.74) is 4.66. The summed E-state index contributed by atoms with van der Waals surface area (Å²) in [4.78, 5) is 0. The van der Waals surface area contributed by atoms with Crippen molar-refractivity contribution in [1.82, 2.24) is 0 Å². The first kappa shape index (κ1) is 20.8. The molecule has 0 heterocycles. The molecular weight excluding hydrogens is 362 g/mol. The van der Waals surface area contributed by atoms with E-state index in [2.05, 4.69) is 37.3 Å². The molecule has 0 aliphatic heterocycles. The summed E-state index contributed by atoms with van der Waals surface area (Å²) in [7, 11) is 0. The summed E-state index contributed by atoms with van der Waals surface area (Å²) < 4.78 is 25.3. The second kappa shape index (κ2) is 9.58. The quantitative estimate of drug-likeness (QED) is 0.442. The van der Waals surface area contributed by atoms with Crippen LogP contribution in [0, 0.1) is 29.6 Å². The number of allylic oxidation sites excluding steroid dienone is 3. The Morgan fingerprint density at radius 1 is 0.931 bits per heavy atom. The zero-order valence-corrected chi connectivity index (χ0v) is 17.9. The number of halogens is 2. The molecule has 2 heteroatoms. The highest BCUT2D eigenvalue weighted by atomic mass is 19.3. The predicted octanol–water partition coefficient (Wildman–Crippen LogP) is 7.91. The van der Waals surface area contributed by atoms with E-state index >= 15 is 0 Å². The van der Waals surface area contributed by atoms with Gasteiger partial charge in [-0.15, -0.1) is 0 Å². The standard InChI is InChI=1S/C27H36F2/c1-2-3-4-5-19-6-8-23-17-25(12-10-21(23)14-19)26-13-11-22-15-20(16-27(28)29)7-9-24(22)18-26/h2-3,6,8,14,16,20,22,24-26H,4-5,7,9-13,15,17-18H2,1H3. The van der Waals surface area contributed by atoms with Crippen LogP contribution in [0.25, 0.3) is 0 Å². The minimum atomic E-state index is -1.48. The fourth-order valence-corrected chi connectivity index (χ4v) is 6.53. The molecule has 0 radical (unpaired) electrons. The number of benzene rings is 1. The molecule has 0 bridgehead atoms. The van der Waals surface area contributed by atoms with Crippen LogP contribution in [-0.2, 0) is 19.3 Å². The molecule has 0 N–H and O–H groups in total. The summed E-state index contributed by atoms with van der Waals surface area (Å²) in [5, 5.41) is 0. The molecule has 2 fully saturated rings. The smallest absolute Gasteiger partial charge is 0.174 e. The van der Waals surface area contributed by atoms with E-state index in [-0.39, 0.29) is 5.92 Å². The Labute approximate surface area is 175 Å². The molecule has 0 saturated heterocycles. The van der Waals surface area contributed by atoms with E-state index in [9.17, 15) is 8.78 Å². The van der Waals surface area contributed by atoms with Gasteiger partial charge in [-0.05, 0) is 130 Å². The van der Waals surface area contributed by atoms with E-state index < -0.39 is 6.08 Å². The Kier molecular flexibility index (Phi) is 6.88. The summed E-state index contributed by atoms with van der Waals surface area (Å²) in [5.74, 6) is 3.29. The van der Waals surface area contributed by atoms with Gasteiger partial charge in [0.05, 0.1) is 0 Å². The fraction of sp³-hybridized carbons (Fsp3) is 0.630. The molecule has 3 aliphatic rings. The lowest BCUT2D eigenvalue weighted by molar-refractivity contribution is 0.0803. The molecule has 29 heavy (non-hydrogen) atoms. The summed E-state index contributed by atoms with van der Waals surface area (Å²) >= 11 is 0. The van der Waals surface area contributed by atoms with Crippen molar-refractivity contribution in [3.05, 3.63) is 59.2 Å². The molecule has 5 unspecified atom stereocenters. The normalized spacial score (nSPS) is 31.9. The lowest BCUT2D eigenvalue weighted by Gasteiger charge is -2.44. The van der Waals surface area contributed by atoms with E-state index in [1.54, 1.807) is 11.1 Å². The van der Waals surface area contributed by atoms with Gasteiger partial charge in [-0.3, -0.25) is 0 Å². The van der Waals surface area contributed by atoms with Crippen molar-refractivity contribution >= 4 is 0 Å². The number of hydrogen-bond acceptors (Lipinski definition) is 0. The third-order valence-corrected chi connectivity index (χ3v) is 8.10. The van der Waals surface area contributed by atoms with Crippen molar-refractivity contribution in [3.8, 4) is 0 Å². The van der Waals surface area contributed by atoms with Gasteiger partial charge >= 0.3 is 0 Å². The Bertz CT molecular complexity index is 743. The second-order valence-corrected chi connectivity index (χ2v) is 9.84. The molecule has 4 rings (SSSR count). The highest BCUT2D eigenvalue weighted by Crippen LogP contribution is 2.48. The van der Waals surface area contributed by atoms with E-state index in [1.165, 1.54) is 50.2 Å². The summed E-state index contributed by atoms with van der Waals surface area (Å²) in [6.45, 7) is 2.09. The first-order chi connectivity index (χ1) is 14.1. The number of fused-ring (bicyclic) bond motifs is 2. The molecule has 0 spiro atoms. The molecule has 5 atom stereocenters. The topological polar surface area (TPSA) is 0 Å². The van der Waals surface area contributed by atoms with Crippen molar-refractivity contribution in [2.75, 3.05) is 0 Å². The molecule has 0 aromatic heterocycles. The lowest BCUT2D eigenvalue weighted by atomic mass is 9.61. The van der Waals surface area contributed by atoms with E-state index in [0.29, 0.717) is 5.92 Å². The van der Waals surface area contributed by atoms with Crippen LogP contribution in [0.3, 0.4) is 0 Å². The molecule has 158 valence electrons. The number of aryl methyl sites for hydroxylation is 2. The number of rotatable bonds is 5. The molecular formula is C27H36F2. The van der Waals surface area contributed by atoms with E-state index in [4.69, 9.17) is 0 Å². The highest BCUT2D eigenvalue weighted by Gasteiger charge is 2.38. The maximum Gasteiger partial charge on any atom is 0.266 e. The average molecular weight is 399 g/mol. The zero-order chi connectivity index (χ0) is 20.2. The zero-order valence-electron chi connectivity index (χ0n) is 17.9. The Hall–Kier alpha value is -1.44. The third kappa shape index (κ3) is 5.19. The number of hydrogen-bond donors (Lipinski definition) is 0. The van der Waals surface area contributed by atoms with Crippen molar-refractivity contribution in [2.24, 2.45) is 29.6 Å². The van der Waals surface area contributed by atoms with Crippen LogP contribution in [0.1, 0.15) is 75.0 Å². The maximum absolute atomic E-state index is 12.6. The molecule has 0 nitrogen and oxygen atoms in total. The highest BCUT2D eigenvalue weighted by molar-refractivity contribution is 5.34. The lowest BCUT2D eigenvalue weighted by Crippen LogP contribution is -2.34. The largest absolute Gasteiger partial charge is 0.266 e. The second-order valence-electron chi connectivity index (χ2n) is 9.84. The van der Waals surface area contributed by atoms with Gasteiger partial charge in [0.1, 0.15) is 0 Å². The minimum Gasteiger partial charge on any atom is -0.174 e. The monoisotopic (exact) mass is 398 g/mol. The van der Waals surface area contributed by atoms with E-state index in [1.807, 2.05) is 0 Å². The Morgan fingerprint density at radius 2 is 1.69 bits per heavy atom. The molecule has 0 amide bonds. The SMILES string of the molecule is CC=CCCc1ccc2c(c1)CCC(C1CCC3CC(C=C(F)F)CCC3C1)C2. The van der Waals surface area contributed by atoms with Crippen LogP contribution < -0.4 is 0 Å². The van der Waals surface area contributed by atoms with Gasteiger partial charge in [0.25, 0.3) is 6.08 Å². The van der Waals surface area contributed by atoms with Crippen LogP contribution in [0.2, 0.25) is 0 Å². The first-order valence-electron chi connectivity index (χ1n) is 11.9. The Morgan fingerprint density at radius 3 is 2.48 bits per heavy atom. The van der Waals surface area contributed by atoms with Crippen molar-refractivity contribution < 1.29 is 8.78 Å². The molecule has 2 saturated carbocycles. The molecule has 1 aromatic rings. The van der Waals surface area contributed by atoms with Crippen LogP contribution in [0.5, 0.6) is 0 Å². The first-order valence-corrected chi connectivity index (χ1v) is 11.9.